The van der Waals surface area contributed by atoms with Crippen molar-refractivity contribution in [3.05, 3.63) is 71.0 Å². The van der Waals surface area contributed by atoms with E-state index < -0.39 is 0 Å². The summed E-state index contributed by atoms with van der Waals surface area (Å²) < 4.78 is 13.8. The molecular formula is C16H16FN. The Hall–Kier alpha value is -1.67. The first-order valence-electron chi connectivity index (χ1n) is 6.35. The van der Waals surface area contributed by atoms with Crippen LogP contribution in [0.1, 0.15) is 29.0 Å². The predicted octanol–water partition coefficient (Wildman–Crippen LogP) is 3.23. The Labute approximate surface area is 106 Å². The van der Waals surface area contributed by atoms with Crippen LogP contribution in [0.2, 0.25) is 0 Å². The van der Waals surface area contributed by atoms with E-state index in [1.165, 1.54) is 11.6 Å². The van der Waals surface area contributed by atoms with Gasteiger partial charge in [0.1, 0.15) is 5.82 Å². The second-order valence-electron chi connectivity index (χ2n) is 4.90. The SMILES string of the molecule is NC1CCc2c(F)cccc2C1c1ccccc1. The Kier molecular flexibility index (Phi) is 2.88. The number of rotatable bonds is 1. The topological polar surface area (TPSA) is 26.0 Å². The number of halogens is 1. The molecular weight excluding hydrogens is 225 g/mol. The van der Waals surface area contributed by atoms with E-state index >= 15 is 0 Å². The number of hydrogen-bond acceptors (Lipinski definition) is 1. The first-order chi connectivity index (χ1) is 8.77. The molecule has 1 aliphatic rings. The molecule has 0 aliphatic heterocycles. The predicted molar refractivity (Wildman–Crippen MR) is 71.0 cm³/mol. The zero-order valence-corrected chi connectivity index (χ0v) is 10.1. The third-order valence-electron chi connectivity index (χ3n) is 3.80. The molecule has 2 N–H and O–H groups in total. The van der Waals surface area contributed by atoms with Crippen molar-refractivity contribution in [1.29, 1.82) is 0 Å². The van der Waals surface area contributed by atoms with Gasteiger partial charge in [-0.3, -0.25) is 0 Å². The van der Waals surface area contributed by atoms with E-state index in [2.05, 4.69) is 12.1 Å². The van der Waals surface area contributed by atoms with Gasteiger partial charge >= 0.3 is 0 Å². The summed E-state index contributed by atoms with van der Waals surface area (Å²) in [6.45, 7) is 0. The molecule has 2 heteroatoms. The quantitative estimate of drug-likeness (QED) is 0.815. The molecule has 92 valence electrons. The smallest absolute Gasteiger partial charge is 0.126 e. The molecule has 0 aromatic heterocycles. The highest BCUT2D eigenvalue weighted by atomic mass is 19.1. The van der Waals surface area contributed by atoms with E-state index in [-0.39, 0.29) is 17.8 Å². The van der Waals surface area contributed by atoms with Crippen molar-refractivity contribution in [2.24, 2.45) is 5.73 Å². The fourth-order valence-electron chi connectivity index (χ4n) is 2.93. The molecule has 0 fully saturated rings. The van der Waals surface area contributed by atoms with Crippen molar-refractivity contribution in [3.8, 4) is 0 Å². The van der Waals surface area contributed by atoms with Crippen LogP contribution in [0.15, 0.2) is 48.5 Å². The van der Waals surface area contributed by atoms with Gasteiger partial charge in [-0.15, -0.1) is 0 Å². The number of benzene rings is 2. The van der Waals surface area contributed by atoms with Gasteiger partial charge in [-0.2, -0.15) is 0 Å². The van der Waals surface area contributed by atoms with Crippen LogP contribution in [0.4, 0.5) is 4.39 Å². The van der Waals surface area contributed by atoms with Crippen LogP contribution >= 0.6 is 0 Å². The van der Waals surface area contributed by atoms with Crippen molar-refractivity contribution < 1.29 is 4.39 Å². The third-order valence-corrected chi connectivity index (χ3v) is 3.80. The molecule has 2 aromatic carbocycles. The second-order valence-corrected chi connectivity index (χ2v) is 4.90. The Morgan fingerprint density at radius 2 is 1.78 bits per heavy atom. The minimum atomic E-state index is -0.0969. The molecule has 1 aliphatic carbocycles. The maximum absolute atomic E-state index is 13.8. The van der Waals surface area contributed by atoms with Gasteiger partial charge in [0.2, 0.25) is 0 Å². The molecule has 0 saturated carbocycles. The zero-order valence-electron chi connectivity index (χ0n) is 10.1. The fourth-order valence-corrected chi connectivity index (χ4v) is 2.93. The monoisotopic (exact) mass is 241 g/mol. The molecule has 0 spiro atoms. The number of fused-ring (bicyclic) bond motifs is 1. The van der Waals surface area contributed by atoms with E-state index in [9.17, 15) is 4.39 Å². The summed E-state index contributed by atoms with van der Waals surface area (Å²) in [5.74, 6) is 0.0194. The van der Waals surface area contributed by atoms with Crippen LogP contribution in [0.3, 0.4) is 0 Å². The summed E-state index contributed by atoms with van der Waals surface area (Å²) in [6.07, 6.45) is 1.58. The van der Waals surface area contributed by atoms with Gasteiger partial charge in [0.15, 0.2) is 0 Å². The lowest BCUT2D eigenvalue weighted by atomic mass is 9.76. The Balaban J connectivity index is 2.13. The van der Waals surface area contributed by atoms with Crippen molar-refractivity contribution in [1.82, 2.24) is 0 Å². The summed E-state index contributed by atoms with van der Waals surface area (Å²) >= 11 is 0. The highest BCUT2D eigenvalue weighted by Gasteiger charge is 2.29. The van der Waals surface area contributed by atoms with Crippen LogP contribution in [-0.4, -0.2) is 6.04 Å². The van der Waals surface area contributed by atoms with E-state index in [1.807, 2.05) is 24.3 Å². The Morgan fingerprint density at radius 1 is 1.00 bits per heavy atom. The summed E-state index contributed by atoms with van der Waals surface area (Å²) in [6, 6.07) is 15.6. The van der Waals surface area contributed by atoms with E-state index in [0.717, 1.165) is 24.0 Å². The van der Waals surface area contributed by atoms with Crippen molar-refractivity contribution in [3.63, 3.8) is 0 Å². The van der Waals surface area contributed by atoms with Crippen molar-refractivity contribution in [2.75, 3.05) is 0 Å². The molecule has 0 radical (unpaired) electrons. The normalized spacial score (nSPS) is 22.6. The van der Waals surface area contributed by atoms with Gasteiger partial charge in [-0.1, -0.05) is 42.5 Å². The third kappa shape index (κ3) is 1.83. The van der Waals surface area contributed by atoms with E-state index in [4.69, 9.17) is 5.73 Å². The lowest BCUT2D eigenvalue weighted by Gasteiger charge is -2.31. The highest BCUT2D eigenvalue weighted by Crippen LogP contribution is 2.36. The van der Waals surface area contributed by atoms with Gasteiger partial charge in [0.05, 0.1) is 0 Å². The van der Waals surface area contributed by atoms with Gasteiger partial charge in [0, 0.05) is 12.0 Å². The zero-order chi connectivity index (χ0) is 12.5. The van der Waals surface area contributed by atoms with Crippen LogP contribution in [0.5, 0.6) is 0 Å². The van der Waals surface area contributed by atoms with E-state index in [1.54, 1.807) is 6.07 Å². The minimum Gasteiger partial charge on any atom is -0.327 e. The van der Waals surface area contributed by atoms with Gasteiger partial charge in [-0.05, 0) is 35.6 Å². The molecule has 0 amide bonds. The summed E-state index contributed by atoms with van der Waals surface area (Å²) in [4.78, 5) is 0. The number of nitrogens with two attached hydrogens (primary N) is 1. The van der Waals surface area contributed by atoms with E-state index in [0.29, 0.717) is 0 Å². The molecule has 3 rings (SSSR count). The van der Waals surface area contributed by atoms with Crippen LogP contribution in [0, 0.1) is 5.82 Å². The number of hydrogen-bond donors (Lipinski definition) is 1. The highest BCUT2D eigenvalue weighted by molar-refractivity contribution is 5.42. The van der Waals surface area contributed by atoms with Crippen LogP contribution < -0.4 is 5.73 Å². The summed E-state index contributed by atoms with van der Waals surface area (Å²) in [7, 11) is 0. The molecule has 0 saturated heterocycles. The minimum absolute atomic E-state index is 0.0710. The molecule has 0 heterocycles. The first-order valence-corrected chi connectivity index (χ1v) is 6.35. The average molecular weight is 241 g/mol. The van der Waals surface area contributed by atoms with Crippen molar-refractivity contribution >= 4 is 0 Å². The first kappa shape index (κ1) is 11.4. The van der Waals surface area contributed by atoms with Gasteiger partial charge < -0.3 is 5.73 Å². The van der Waals surface area contributed by atoms with Crippen molar-refractivity contribution in [2.45, 2.75) is 24.8 Å². The maximum atomic E-state index is 13.8. The van der Waals surface area contributed by atoms with Gasteiger partial charge in [0.25, 0.3) is 0 Å². The lowest BCUT2D eigenvalue weighted by Crippen LogP contribution is -2.34. The fraction of sp³-hybridized carbons (Fsp3) is 0.250. The Bertz CT molecular complexity index is 550. The summed E-state index contributed by atoms with van der Waals surface area (Å²) in [5, 5.41) is 0. The molecule has 2 unspecified atom stereocenters. The summed E-state index contributed by atoms with van der Waals surface area (Å²) in [5.41, 5.74) is 9.33. The average Bonchev–Trinajstić information content (AvgIpc) is 2.40. The molecule has 18 heavy (non-hydrogen) atoms. The largest absolute Gasteiger partial charge is 0.327 e. The molecule has 2 aromatic rings. The molecule has 0 bridgehead atoms. The maximum Gasteiger partial charge on any atom is 0.126 e. The molecule has 1 nitrogen and oxygen atoms in total. The standard InChI is InChI=1S/C16H16FN/c17-14-8-4-7-13-12(14)9-10-15(18)16(13)11-5-2-1-3-6-11/h1-8,15-16H,9-10,18H2. The van der Waals surface area contributed by atoms with Crippen LogP contribution in [-0.2, 0) is 6.42 Å². The van der Waals surface area contributed by atoms with Gasteiger partial charge in [-0.25, -0.2) is 4.39 Å². The second kappa shape index (κ2) is 4.54. The van der Waals surface area contributed by atoms with Crippen LogP contribution in [0.25, 0.3) is 0 Å². The lowest BCUT2D eigenvalue weighted by molar-refractivity contribution is 0.496. The Morgan fingerprint density at radius 3 is 2.56 bits per heavy atom. The molecule has 2 atom stereocenters.